The van der Waals surface area contributed by atoms with Gasteiger partial charge in [-0.15, -0.1) is 0 Å². The van der Waals surface area contributed by atoms with Crippen LogP contribution in [0.25, 0.3) is 0 Å². The smallest absolute Gasteiger partial charge is 0.259 e. The monoisotopic (exact) mass is 623 g/mol. The van der Waals surface area contributed by atoms with Crippen molar-refractivity contribution in [1.82, 2.24) is 5.43 Å². The van der Waals surface area contributed by atoms with Crippen molar-refractivity contribution in [2.75, 3.05) is 19.0 Å². The molecule has 3 aromatic rings. The maximum absolute atomic E-state index is 12.0. The summed E-state index contributed by atoms with van der Waals surface area (Å²) in [5, 5.41) is 7.05. The van der Waals surface area contributed by atoms with Crippen molar-refractivity contribution < 1.29 is 14.3 Å². The van der Waals surface area contributed by atoms with E-state index in [4.69, 9.17) is 9.47 Å². The van der Waals surface area contributed by atoms with Gasteiger partial charge < -0.3 is 14.8 Å². The van der Waals surface area contributed by atoms with Gasteiger partial charge in [-0.05, 0) is 75.6 Å². The summed E-state index contributed by atoms with van der Waals surface area (Å²) in [5.41, 5.74) is 5.13. The summed E-state index contributed by atoms with van der Waals surface area (Å²) >= 11 is 10.3. The first-order chi connectivity index (χ1) is 15.4. The molecule has 0 saturated carbocycles. The number of nitrogens with zero attached hydrogens (tertiary/aromatic N) is 1. The topological polar surface area (TPSA) is 72.0 Å². The second kappa shape index (κ2) is 12.0. The van der Waals surface area contributed by atoms with E-state index in [1.54, 1.807) is 19.4 Å². The molecule has 2 N–H and O–H groups in total. The quantitative estimate of drug-likeness (QED) is 0.222. The molecular formula is C23H20Br3N3O3. The van der Waals surface area contributed by atoms with Crippen LogP contribution in [-0.4, -0.2) is 25.8 Å². The average Bonchev–Trinajstić information content (AvgIpc) is 2.79. The maximum atomic E-state index is 12.0. The van der Waals surface area contributed by atoms with E-state index in [-0.39, 0.29) is 12.5 Å². The largest absolute Gasteiger partial charge is 0.493 e. The predicted molar refractivity (Wildman–Crippen MR) is 138 cm³/mol. The van der Waals surface area contributed by atoms with Crippen molar-refractivity contribution in [3.05, 3.63) is 85.2 Å². The summed E-state index contributed by atoms with van der Waals surface area (Å²) in [6, 6.07) is 19.1. The molecule has 0 saturated heterocycles. The Kier molecular flexibility index (Phi) is 9.13. The molecule has 0 aliphatic heterocycles. The zero-order valence-electron chi connectivity index (χ0n) is 17.1. The van der Waals surface area contributed by atoms with Gasteiger partial charge in [-0.1, -0.05) is 44.0 Å². The number of hydrazone groups is 1. The number of hydrogen-bond donors (Lipinski definition) is 2. The molecule has 0 heterocycles. The van der Waals surface area contributed by atoms with E-state index in [0.717, 1.165) is 30.2 Å². The van der Waals surface area contributed by atoms with Crippen LogP contribution in [-0.2, 0) is 11.4 Å². The molecule has 0 spiro atoms. The van der Waals surface area contributed by atoms with Gasteiger partial charge in [0, 0.05) is 14.6 Å². The second-order valence-electron chi connectivity index (χ2n) is 6.60. The van der Waals surface area contributed by atoms with Gasteiger partial charge in [0.1, 0.15) is 6.61 Å². The summed E-state index contributed by atoms with van der Waals surface area (Å²) in [5.74, 6) is 0.890. The summed E-state index contributed by atoms with van der Waals surface area (Å²) in [7, 11) is 1.57. The van der Waals surface area contributed by atoms with Gasteiger partial charge in [-0.2, -0.15) is 5.10 Å². The molecule has 0 aromatic heterocycles. The maximum Gasteiger partial charge on any atom is 0.259 e. The highest BCUT2D eigenvalue weighted by Crippen LogP contribution is 2.36. The van der Waals surface area contributed by atoms with Crippen LogP contribution in [0.1, 0.15) is 11.1 Å². The molecule has 0 aliphatic carbocycles. The number of carbonyl (C=O) groups is 1. The van der Waals surface area contributed by atoms with Crippen LogP contribution in [0.3, 0.4) is 0 Å². The van der Waals surface area contributed by atoms with Crippen molar-refractivity contribution in [3.63, 3.8) is 0 Å². The Morgan fingerprint density at radius 3 is 2.31 bits per heavy atom. The zero-order valence-corrected chi connectivity index (χ0v) is 21.8. The average molecular weight is 626 g/mol. The van der Waals surface area contributed by atoms with Crippen LogP contribution in [0.4, 0.5) is 5.69 Å². The normalized spacial score (nSPS) is 10.8. The van der Waals surface area contributed by atoms with Crippen LogP contribution in [0, 0.1) is 0 Å². The second-order valence-corrected chi connectivity index (χ2v) is 9.29. The number of halogens is 3. The number of carbonyl (C=O) groups excluding carboxylic acids is 1. The van der Waals surface area contributed by atoms with E-state index in [0.29, 0.717) is 18.1 Å². The first kappa shape index (κ1) is 24.3. The SMILES string of the molecule is COc1cc(/C=N\NC(=O)CNc2ccc(Br)cc2)cc(Br)c1OCc1ccc(Br)cc1. The Labute approximate surface area is 211 Å². The molecule has 6 nitrogen and oxygen atoms in total. The number of nitrogens with one attached hydrogen (secondary N) is 2. The lowest BCUT2D eigenvalue weighted by molar-refractivity contribution is -0.119. The van der Waals surface area contributed by atoms with Gasteiger partial charge in [0.05, 0.1) is 24.3 Å². The van der Waals surface area contributed by atoms with E-state index >= 15 is 0 Å². The predicted octanol–water partition coefficient (Wildman–Crippen LogP) is 6.12. The highest BCUT2D eigenvalue weighted by Gasteiger charge is 2.12. The summed E-state index contributed by atoms with van der Waals surface area (Å²) in [6.07, 6.45) is 1.54. The van der Waals surface area contributed by atoms with Crippen LogP contribution in [0.5, 0.6) is 11.5 Å². The molecule has 3 aromatic carbocycles. The van der Waals surface area contributed by atoms with Crippen LogP contribution < -0.4 is 20.2 Å². The number of anilines is 1. The van der Waals surface area contributed by atoms with Crippen LogP contribution >= 0.6 is 47.8 Å². The number of ether oxygens (including phenoxy) is 2. The molecule has 32 heavy (non-hydrogen) atoms. The molecule has 0 aliphatic rings. The van der Waals surface area contributed by atoms with E-state index in [1.165, 1.54) is 0 Å². The number of amides is 1. The zero-order chi connectivity index (χ0) is 22.9. The van der Waals surface area contributed by atoms with E-state index in [9.17, 15) is 4.79 Å². The minimum absolute atomic E-state index is 0.106. The van der Waals surface area contributed by atoms with Crippen molar-refractivity contribution >= 4 is 65.6 Å². The van der Waals surface area contributed by atoms with Crippen LogP contribution in [0.2, 0.25) is 0 Å². The van der Waals surface area contributed by atoms with Gasteiger partial charge in [-0.25, -0.2) is 5.43 Å². The molecule has 166 valence electrons. The lowest BCUT2D eigenvalue weighted by Crippen LogP contribution is -2.25. The molecule has 1 amide bonds. The van der Waals surface area contributed by atoms with Gasteiger partial charge in [0.15, 0.2) is 11.5 Å². The van der Waals surface area contributed by atoms with Gasteiger partial charge in [-0.3, -0.25) is 4.79 Å². The third kappa shape index (κ3) is 7.36. The Balaban J connectivity index is 1.57. The minimum Gasteiger partial charge on any atom is -0.493 e. The van der Waals surface area contributed by atoms with E-state index < -0.39 is 0 Å². The van der Waals surface area contributed by atoms with E-state index in [2.05, 4.69) is 63.6 Å². The molecule has 0 fully saturated rings. The highest BCUT2D eigenvalue weighted by atomic mass is 79.9. The number of benzene rings is 3. The Bertz CT molecular complexity index is 1090. The summed E-state index contributed by atoms with van der Waals surface area (Å²) < 4.78 is 14.1. The summed E-state index contributed by atoms with van der Waals surface area (Å²) in [4.78, 5) is 12.0. The lowest BCUT2D eigenvalue weighted by atomic mass is 10.2. The first-order valence-corrected chi connectivity index (χ1v) is 11.9. The molecule has 0 radical (unpaired) electrons. The molecule has 0 bridgehead atoms. The standard InChI is InChI=1S/C23H20Br3N3O3/c1-31-21-11-16(10-20(26)23(21)32-14-15-2-4-17(24)5-3-15)12-28-29-22(30)13-27-19-8-6-18(25)7-9-19/h2-12,27H,13-14H2,1H3,(H,29,30)/b28-12-. The van der Waals surface area contributed by atoms with Crippen LogP contribution in [0.15, 0.2) is 79.2 Å². The highest BCUT2D eigenvalue weighted by molar-refractivity contribution is 9.11. The van der Waals surface area contributed by atoms with Gasteiger partial charge in [0.2, 0.25) is 0 Å². The molecule has 0 atom stereocenters. The third-order valence-corrected chi connectivity index (χ3v) is 5.89. The Morgan fingerprint density at radius 2 is 1.66 bits per heavy atom. The molecule has 3 rings (SSSR count). The third-order valence-electron chi connectivity index (χ3n) is 4.25. The van der Waals surface area contributed by atoms with Gasteiger partial charge in [0.25, 0.3) is 5.91 Å². The van der Waals surface area contributed by atoms with Crippen molar-refractivity contribution in [2.45, 2.75) is 6.61 Å². The van der Waals surface area contributed by atoms with Gasteiger partial charge >= 0.3 is 0 Å². The summed E-state index contributed by atoms with van der Waals surface area (Å²) in [6.45, 7) is 0.506. The minimum atomic E-state index is -0.260. The fourth-order valence-corrected chi connectivity index (χ4v) is 3.76. The number of rotatable bonds is 9. The van der Waals surface area contributed by atoms with E-state index in [1.807, 2.05) is 54.6 Å². The molecular weight excluding hydrogens is 606 g/mol. The lowest BCUT2D eigenvalue weighted by Gasteiger charge is -2.13. The fraction of sp³-hybridized carbons (Fsp3) is 0.130. The molecule has 0 unspecified atom stereocenters. The molecule has 9 heteroatoms. The Hall–Kier alpha value is -2.36. The van der Waals surface area contributed by atoms with Crippen molar-refractivity contribution in [1.29, 1.82) is 0 Å². The number of hydrogen-bond acceptors (Lipinski definition) is 5. The fourth-order valence-electron chi connectivity index (χ4n) is 2.66. The Morgan fingerprint density at radius 1 is 1.00 bits per heavy atom. The number of methoxy groups -OCH3 is 1. The first-order valence-electron chi connectivity index (χ1n) is 9.50. The van der Waals surface area contributed by atoms with Crippen molar-refractivity contribution in [3.8, 4) is 11.5 Å². The van der Waals surface area contributed by atoms with Crippen molar-refractivity contribution in [2.24, 2.45) is 5.10 Å².